The monoisotopic (exact) mass is 336 g/mol. The van der Waals surface area contributed by atoms with Gasteiger partial charge in [-0.05, 0) is 25.1 Å². The topological polar surface area (TPSA) is 103 Å². The summed E-state index contributed by atoms with van der Waals surface area (Å²) in [5.74, 6) is 0.216. The fourth-order valence-corrected chi connectivity index (χ4v) is 2.05. The number of amides is 2. The van der Waals surface area contributed by atoms with Gasteiger partial charge in [0.2, 0.25) is 12.7 Å². The summed E-state index contributed by atoms with van der Waals surface area (Å²) in [5.41, 5.74) is 0.452. The van der Waals surface area contributed by atoms with Gasteiger partial charge in [-0.3, -0.25) is 14.4 Å². The van der Waals surface area contributed by atoms with Gasteiger partial charge in [-0.15, -0.1) is 0 Å². The van der Waals surface area contributed by atoms with E-state index in [2.05, 4.69) is 10.6 Å². The molecule has 2 rings (SSSR count). The first-order valence-corrected chi connectivity index (χ1v) is 7.70. The Bertz CT molecular complexity index is 617. The predicted molar refractivity (Wildman–Crippen MR) is 83.8 cm³/mol. The zero-order chi connectivity index (χ0) is 17.4. The number of hydrogen-bond acceptors (Lipinski definition) is 6. The number of nitrogens with one attached hydrogen (secondary N) is 2. The average molecular weight is 336 g/mol. The van der Waals surface area contributed by atoms with Crippen molar-refractivity contribution in [1.82, 2.24) is 10.6 Å². The van der Waals surface area contributed by atoms with Crippen molar-refractivity contribution in [3.63, 3.8) is 0 Å². The first-order chi connectivity index (χ1) is 11.6. The van der Waals surface area contributed by atoms with Crippen LogP contribution in [0.1, 0.15) is 30.1 Å². The van der Waals surface area contributed by atoms with E-state index in [1.807, 2.05) is 0 Å². The highest BCUT2D eigenvalue weighted by Gasteiger charge is 2.16. The van der Waals surface area contributed by atoms with E-state index in [-0.39, 0.29) is 44.5 Å². The standard InChI is InChI=1S/C16H20N2O6/c1-2-22-15(20)6-5-14(19)17-7-8-18-16(21)11-3-4-12-13(9-11)24-10-23-12/h3-4,9H,2,5-8,10H2,1H3,(H,17,19)(H,18,21). The molecule has 0 bridgehead atoms. The van der Waals surface area contributed by atoms with Crippen molar-refractivity contribution in [2.24, 2.45) is 0 Å². The zero-order valence-corrected chi connectivity index (χ0v) is 13.4. The van der Waals surface area contributed by atoms with Crippen LogP contribution in [0.15, 0.2) is 18.2 Å². The Kier molecular flexibility index (Phi) is 6.41. The number of benzene rings is 1. The van der Waals surface area contributed by atoms with Crippen LogP contribution in [0.25, 0.3) is 0 Å². The molecule has 2 amide bonds. The van der Waals surface area contributed by atoms with E-state index in [0.29, 0.717) is 23.7 Å². The molecule has 0 atom stereocenters. The van der Waals surface area contributed by atoms with Crippen LogP contribution in [0.2, 0.25) is 0 Å². The molecule has 1 aliphatic rings. The third-order valence-electron chi connectivity index (χ3n) is 3.23. The van der Waals surface area contributed by atoms with Crippen LogP contribution in [-0.4, -0.2) is 44.3 Å². The summed E-state index contributed by atoms with van der Waals surface area (Å²) in [5, 5.41) is 5.31. The minimum Gasteiger partial charge on any atom is -0.466 e. The molecule has 0 saturated carbocycles. The quantitative estimate of drug-likeness (QED) is 0.532. The Morgan fingerprint density at radius 3 is 2.62 bits per heavy atom. The molecule has 0 radical (unpaired) electrons. The van der Waals surface area contributed by atoms with Crippen molar-refractivity contribution in [3.8, 4) is 11.5 Å². The van der Waals surface area contributed by atoms with Crippen molar-refractivity contribution >= 4 is 17.8 Å². The summed E-state index contributed by atoms with van der Waals surface area (Å²) in [4.78, 5) is 34.7. The number of hydrogen-bond donors (Lipinski definition) is 2. The summed E-state index contributed by atoms with van der Waals surface area (Å²) >= 11 is 0. The summed E-state index contributed by atoms with van der Waals surface area (Å²) < 4.78 is 15.1. The number of ether oxygens (including phenoxy) is 3. The van der Waals surface area contributed by atoms with Crippen molar-refractivity contribution in [3.05, 3.63) is 23.8 Å². The minimum absolute atomic E-state index is 0.0449. The highest BCUT2D eigenvalue weighted by molar-refractivity contribution is 5.95. The summed E-state index contributed by atoms with van der Waals surface area (Å²) in [6.07, 6.45) is 0.109. The van der Waals surface area contributed by atoms with Crippen LogP contribution in [0, 0.1) is 0 Å². The van der Waals surface area contributed by atoms with E-state index in [1.165, 1.54) is 0 Å². The average Bonchev–Trinajstić information content (AvgIpc) is 3.04. The molecule has 0 unspecified atom stereocenters. The molecule has 1 aromatic rings. The van der Waals surface area contributed by atoms with Crippen molar-refractivity contribution in [2.75, 3.05) is 26.5 Å². The second kappa shape index (κ2) is 8.76. The molecule has 0 aromatic heterocycles. The van der Waals surface area contributed by atoms with Crippen molar-refractivity contribution in [2.45, 2.75) is 19.8 Å². The second-order valence-corrected chi connectivity index (χ2v) is 4.98. The summed E-state index contributed by atoms with van der Waals surface area (Å²) in [7, 11) is 0. The molecule has 0 spiro atoms. The molecule has 0 aliphatic carbocycles. The van der Waals surface area contributed by atoms with Crippen LogP contribution in [0.4, 0.5) is 0 Å². The van der Waals surface area contributed by atoms with Gasteiger partial charge in [-0.1, -0.05) is 0 Å². The number of esters is 1. The summed E-state index contributed by atoms with van der Waals surface area (Å²) in [6.45, 7) is 2.71. The maximum Gasteiger partial charge on any atom is 0.306 e. The van der Waals surface area contributed by atoms with E-state index >= 15 is 0 Å². The third-order valence-corrected chi connectivity index (χ3v) is 3.23. The predicted octanol–water partition coefficient (Wildman–Crippen LogP) is 0.605. The molecular formula is C16H20N2O6. The number of rotatable bonds is 8. The fourth-order valence-electron chi connectivity index (χ4n) is 2.05. The SMILES string of the molecule is CCOC(=O)CCC(=O)NCCNC(=O)c1ccc2c(c1)OCO2. The van der Waals surface area contributed by atoms with Crippen LogP contribution < -0.4 is 20.1 Å². The van der Waals surface area contributed by atoms with E-state index in [0.717, 1.165) is 0 Å². The van der Waals surface area contributed by atoms with E-state index < -0.39 is 5.97 Å². The van der Waals surface area contributed by atoms with Crippen LogP contribution in [0.3, 0.4) is 0 Å². The molecule has 0 fully saturated rings. The molecule has 2 N–H and O–H groups in total. The van der Waals surface area contributed by atoms with Gasteiger partial charge >= 0.3 is 5.97 Å². The van der Waals surface area contributed by atoms with E-state index in [4.69, 9.17) is 14.2 Å². The Labute approximate surface area is 139 Å². The van der Waals surface area contributed by atoms with Gasteiger partial charge in [0.05, 0.1) is 13.0 Å². The maximum absolute atomic E-state index is 12.0. The van der Waals surface area contributed by atoms with Crippen LogP contribution in [0.5, 0.6) is 11.5 Å². The molecule has 1 aromatic carbocycles. The smallest absolute Gasteiger partial charge is 0.306 e. The molecule has 1 aliphatic heterocycles. The molecule has 24 heavy (non-hydrogen) atoms. The lowest BCUT2D eigenvalue weighted by Crippen LogP contribution is -2.34. The lowest BCUT2D eigenvalue weighted by atomic mass is 10.2. The van der Waals surface area contributed by atoms with Gasteiger partial charge in [0.15, 0.2) is 11.5 Å². The molecular weight excluding hydrogens is 316 g/mol. The van der Waals surface area contributed by atoms with Crippen molar-refractivity contribution in [1.29, 1.82) is 0 Å². The van der Waals surface area contributed by atoms with Gasteiger partial charge in [-0.25, -0.2) is 0 Å². The van der Waals surface area contributed by atoms with Crippen LogP contribution >= 0.6 is 0 Å². The first-order valence-electron chi connectivity index (χ1n) is 7.70. The highest BCUT2D eigenvalue weighted by atomic mass is 16.7. The van der Waals surface area contributed by atoms with Gasteiger partial charge in [-0.2, -0.15) is 0 Å². The number of carbonyl (C=O) groups is 3. The van der Waals surface area contributed by atoms with E-state index in [1.54, 1.807) is 25.1 Å². The Hall–Kier alpha value is -2.77. The lowest BCUT2D eigenvalue weighted by molar-refractivity contribution is -0.144. The summed E-state index contributed by atoms with van der Waals surface area (Å²) in [6, 6.07) is 4.92. The number of carbonyl (C=O) groups excluding carboxylic acids is 3. The normalized spacial score (nSPS) is 11.7. The first kappa shape index (κ1) is 17.6. The highest BCUT2D eigenvalue weighted by Crippen LogP contribution is 2.32. The van der Waals surface area contributed by atoms with Gasteiger partial charge < -0.3 is 24.8 Å². The van der Waals surface area contributed by atoms with Gasteiger partial charge in [0, 0.05) is 25.1 Å². The molecule has 1 heterocycles. The fraction of sp³-hybridized carbons (Fsp3) is 0.438. The molecule has 8 nitrogen and oxygen atoms in total. The molecule has 8 heteroatoms. The Morgan fingerprint density at radius 2 is 1.83 bits per heavy atom. The molecule has 0 saturated heterocycles. The van der Waals surface area contributed by atoms with Crippen LogP contribution in [-0.2, 0) is 14.3 Å². The van der Waals surface area contributed by atoms with Crippen molar-refractivity contribution < 1.29 is 28.6 Å². The third kappa shape index (κ3) is 5.15. The second-order valence-electron chi connectivity index (χ2n) is 4.98. The number of fused-ring (bicyclic) bond motifs is 1. The largest absolute Gasteiger partial charge is 0.466 e. The lowest BCUT2D eigenvalue weighted by Gasteiger charge is -2.07. The Morgan fingerprint density at radius 1 is 1.08 bits per heavy atom. The molecule has 130 valence electrons. The van der Waals surface area contributed by atoms with Gasteiger partial charge in [0.1, 0.15) is 0 Å². The zero-order valence-electron chi connectivity index (χ0n) is 13.4. The van der Waals surface area contributed by atoms with Gasteiger partial charge in [0.25, 0.3) is 5.91 Å². The maximum atomic E-state index is 12.0. The Balaban J connectivity index is 1.64. The minimum atomic E-state index is -0.399. The van der Waals surface area contributed by atoms with E-state index in [9.17, 15) is 14.4 Å².